The van der Waals surface area contributed by atoms with Gasteiger partial charge in [0.15, 0.2) is 22.5 Å². The van der Waals surface area contributed by atoms with Crippen LogP contribution < -0.4 is 10.1 Å². The van der Waals surface area contributed by atoms with Crippen LogP contribution in [0.25, 0.3) is 6.08 Å². The number of furan rings is 1. The smallest absolute Gasteiger partial charge is 0.276 e. The summed E-state index contributed by atoms with van der Waals surface area (Å²) in [4.78, 5) is 13.8. The van der Waals surface area contributed by atoms with Crippen LogP contribution in [0.4, 0.5) is 17.6 Å². The number of thiocarbonyl (C=S) groups is 1. The van der Waals surface area contributed by atoms with Crippen molar-refractivity contribution in [3.63, 3.8) is 0 Å². The van der Waals surface area contributed by atoms with Gasteiger partial charge in [-0.05, 0) is 30.8 Å². The van der Waals surface area contributed by atoms with Crippen LogP contribution in [0, 0.1) is 23.3 Å². The molecule has 1 saturated heterocycles. The monoisotopic (exact) mass is 428 g/mol. The second kappa shape index (κ2) is 8.64. The van der Waals surface area contributed by atoms with E-state index in [4.69, 9.17) is 21.4 Å². The van der Waals surface area contributed by atoms with Gasteiger partial charge in [-0.25, -0.2) is 8.78 Å². The van der Waals surface area contributed by atoms with Gasteiger partial charge in [0.2, 0.25) is 11.6 Å². The van der Waals surface area contributed by atoms with E-state index in [1.807, 2.05) is 6.92 Å². The van der Waals surface area contributed by atoms with Crippen LogP contribution in [0.2, 0.25) is 0 Å². The minimum Gasteiger partial charge on any atom is -0.479 e. The molecule has 2 aromatic rings. The minimum absolute atomic E-state index is 0.0918. The first kappa shape index (κ1) is 20.8. The Balaban J connectivity index is 1.70. The molecule has 0 saturated carbocycles. The molecular formula is C19H16F4N2O3S. The summed E-state index contributed by atoms with van der Waals surface area (Å²) in [6.07, 6.45) is 3.13. The number of amides is 1. The lowest BCUT2D eigenvalue weighted by molar-refractivity contribution is -0.122. The molecule has 0 aliphatic carbocycles. The van der Waals surface area contributed by atoms with Crippen LogP contribution in [-0.2, 0) is 11.4 Å². The summed E-state index contributed by atoms with van der Waals surface area (Å²) in [7, 11) is 0. The first-order valence-corrected chi connectivity index (χ1v) is 9.11. The molecule has 0 radical (unpaired) electrons. The average Bonchev–Trinajstić information content (AvgIpc) is 3.23. The van der Waals surface area contributed by atoms with E-state index < -0.39 is 35.6 Å². The van der Waals surface area contributed by atoms with Crippen LogP contribution in [0.15, 0.2) is 28.3 Å². The maximum atomic E-state index is 13.6. The van der Waals surface area contributed by atoms with Crippen molar-refractivity contribution in [1.29, 1.82) is 0 Å². The number of unbranched alkanes of at least 4 members (excludes halogenated alkanes) is 1. The van der Waals surface area contributed by atoms with Crippen LogP contribution in [0.1, 0.15) is 31.3 Å². The average molecular weight is 428 g/mol. The number of hydrogen-bond donors (Lipinski definition) is 1. The molecule has 3 rings (SSSR count). The molecular weight excluding hydrogens is 412 g/mol. The molecule has 10 heteroatoms. The van der Waals surface area contributed by atoms with Crippen molar-refractivity contribution in [1.82, 2.24) is 10.2 Å². The van der Waals surface area contributed by atoms with Gasteiger partial charge in [0.25, 0.3) is 5.91 Å². The maximum Gasteiger partial charge on any atom is 0.276 e. The lowest BCUT2D eigenvalue weighted by atomic mass is 10.3. The Morgan fingerprint density at radius 3 is 2.55 bits per heavy atom. The number of carbonyl (C=O) groups excluding carboxylic acids is 1. The van der Waals surface area contributed by atoms with Crippen LogP contribution in [0.3, 0.4) is 0 Å². The van der Waals surface area contributed by atoms with Crippen molar-refractivity contribution in [2.45, 2.75) is 26.4 Å². The second-order valence-corrected chi connectivity index (χ2v) is 6.58. The molecule has 1 N–H and O–H groups in total. The molecule has 1 aliphatic heterocycles. The molecule has 1 amide bonds. The number of halogens is 4. The minimum atomic E-state index is -1.64. The summed E-state index contributed by atoms with van der Waals surface area (Å²) in [5, 5.41) is 3.10. The van der Waals surface area contributed by atoms with Gasteiger partial charge in [-0.2, -0.15) is 8.78 Å². The summed E-state index contributed by atoms with van der Waals surface area (Å²) in [5.41, 5.74) is 0.220. The number of ether oxygens (including phenoxy) is 1. The Morgan fingerprint density at radius 1 is 1.21 bits per heavy atom. The standard InChI is InChI=1S/C19H16F4N2O3S/c1-2-3-6-25-18(26)14(24-19(25)29)7-10-4-5-11(28-10)9-27-17-15(22)12(20)8-13(21)16(17)23/h4-5,7-8H,2-3,6,9H2,1H3,(H,24,29)/b14-7+. The largest absolute Gasteiger partial charge is 0.479 e. The fraction of sp³-hybridized carbons (Fsp3) is 0.263. The molecule has 29 heavy (non-hydrogen) atoms. The maximum absolute atomic E-state index is 13.6. The van der Waals surface area contributed by atoms with Crippen LogP contribution in [-0.4, -0.2) is 22.5 Å². The van der Waals surface area contributed by atoms with E-state index in [2.05, 4.69) is 5.32 Å². The zero-order chi connectivity index (χ0) is 21.1. The van der Waals surface area contributed by atoms with E-state index in [9.17, 15) is 22.4 Å². The Hall–Kier alpha value is -2.88. The first-order chi connectivity index (χ1) is 13.8. The SMILES string of the molecule is CCCCN1C(=O)/C(=C\c2ccc(COc3c(F)c(F)cc(F)c3F)o2)NC1=S. The molecule has 0 unspecified atom stereocenters. The number of nitrogens with one attached hydrogen (secondary N) is 1. The highest BCUT2D eigenvalue weighted by Gasteiger charge is 2.30. The number of hydrogen-bond acceptors (Lipinski definition) is 4. The quantitative estimate of drug-likeness (QED) is 0.309. The third-order valence-corrected chi connectivity index (χ3v) is 4.42. The van der Waals surface area contributed by atoms with Gasteiger partial charge >= 0.3 is 0 Å². The van der Waals surface area contributed by atoms with Crippen molar-refractivity contribution in [3.8, 4) is 5.75 Å². The highest BCUT2D eigenvalue weighted by Crippen LogP contribution is 2.27. The molecule has 154 valence electrons. The second-order valence-electron chi connectivity index (χ2n) is 6.19. The Kier molecular flexibility index (Phi) is 6.21. The first-order valence-electron chi connectivity index (χ1n) is 8.70. The van der Waals surface area contributed by atoms with Gasteiger partial charge in [0.1, 0.15) is 23.8 Å². The molecule has 5 nitrogen and oxygen atoms in total. The summed E-state index contributed by atoms with van der Waals surface area (Å²) < 4.78 is 63.9. The van der Waals surface area contributed by atoms with E-state index in [0.29, 0.717) is 11.7 Å². The van der Waals surface area contributed by atoms with E-state index >= 15 is 0 Å². The molecule has 1 aliphatic rings. The Labute approximate surface area is 168 Å². The van der Waals surface area contributed by atoms with Crippen LogP contribution >= 0.6 is 12.2 Å². The molecule has 1 aromatic heterocycles. The van der Waals surface area contributed by atoms with Crippen LogP contribution in [0.5, 0.6) is 5.75 Å². The van der Waals surface area contributed by atoms with Gasteiger partial charge in [0.05, 0.1) is 0 Å². The number of nitrogens with zero attached hydrogens (tertiary/aromatic N) is 1. The number of benzene rings is 1. The molecule has 0 spiro atoms. The Morgan fingerprint density at radius 2 is 1.90 bits per heavy atom. The predicted octanol–water partition coefficient (Wildman–Crippen LogP) is 4.27. The third kappa shape index (κ3) is 4.42. The lowest BCUT2D eigenvalue weighted by Crippen LogP contribution is -2.31. The van der Waals surface area contributed by atoms with Gasteiger partial charge in [-0.15, -0.1) is 0 Å². The van der Waals surface area contributed by atoms with Crippen molar-refractivity contribution >= 4 is 29.3 Å². The summed E-state index contributed by atoms with van der Waals surface area (Å²) in [5.74, 6) is -7.52. The van der Waals surface area contributed by atoms with E-state index in [1.165, 1.54) is 23.1 Å². The van der Waals surface area contributed by atoms with Gasteiger partial charge < -0.3 is 14.5 Å². The normalized spacial score (nSPS) is 15.3. The molecule has 2 heterocycles. The molecule has 0 bridgehead atoms. The Bertz CT molecular complexity index is 964. The molecule has 0 atom stereocenters. The van der Waals surface area contributed by atoms with Crippen molar-refractivity contribution in [2.24, 2.45) is 0 Å². The van der Waals surface area contributed by atoms with Crippen molar-refractivity contribution < 1.29 is 31.5 Å². The zero-order valence-corrected chi connectivity index (χ0v) is 16.0. The van der Waals surface area contributed by atoms with E-state index in [1.54, 1.807) is 0 Å². The van der Waals surface area contributed by atoms with E-state index in [-0.39, 0.29) is 29.2 Å². The zero-order valence-electron chi connectivity index (χ0n) is 15.2. The third-order valence-electron chi connectivity index (χ3n) is 4.10. The lowest BCUT2D eigenvalue weighted by Gasteiger charge is -2.12. The predicted molar refractivity (Wildman–Crippen MR) is 99.6 cm³/mol. The summed E-state index contributed by atoms with van der Waals surface area (Å²) in [6.45, 7) is 2.01. The number of rotatable bonds is 7. The van der Waals surface area contributed by atoms with Crippen molar-refractivity contribution in [2.75, 3.05) is 6.54 Å². The highest BCUT2D eigenvalue weighted by molar-refractivity contribution is 7.80. The fourth-order valence-corrected chi connectivity index (χ4v) is 2.89. The summed E-state index contributed by atoms with van der Waals surface area (Å²) >= 11 is 5.14. The molecule has 1 fully saturated rings. The summed E-state index contributed by atoms with van der Waals surface area (Å²) in [6, 6.07) is 3.02. The fourth-order valence-electron chi connectivity index (χ4n) is 2.60. The van der Waals surface area contributed by atoms with Gasteiger partial charge in [-0.3, -0.25) is 9.69 Å². The van der Waals surface area contributed by atoms with Gasteiger partial charge in [0, 0.05) is 18.7 Å². The topological polar surface area (TPSA) is 54.7 Å². The molecule has 1 aromatic carbocycles. The number of carbonyl (C=O) groups is 1. The highest BCUT2D eigenvalue weighted by atomic mass is 32.1. The van der Waals surface area contributed by atoms with Crippen molar-refractivity contribution in [3.05, 3.63) is 58.7 Å². The van der Waals surface area contributed by atoms with E-state index in [0.717, 1.165) is 12.8 Å². The van der Waals surface area contributed by atoms with Gasteiger partial charge in [-0.1, -0.05) is 13.3 Å².